The minimum absolute atomic E-state index is 0.327. The fourth-order valence-electron chi connectivity index (χ4n) is 0.408. The molecule has 2 nitrogen and oxygen atoms in total. The van der Waals surface area contributed by atoms with E-state index in [-0.39, 0.29) is 0 Å². The number of allylic oxidation sites excluding steroid dienone is 1. The SMILES string of the molecule is C=CC(F)(F)CS(C)(=O)=O. The molecule has 0 spiro atoms. The lowest BCUT2D eigenvalue weighted by atomic mass is 10.4. The van der Waals surface area contributed by atoms with E-state index in [2.05, 4.69) is 6.58 Å². The Balaban J connectivity index is 4.30. The van der Waals surface area contributed by atoms with Gasteiger partial charge in [-0.2, -0.15) is 0 Å². The summed E-state index contributed by atoms with van der Waals surface area (Å²) < 4.78 is 44.9. The molecule has 0 aromatic rings. The van der Waals surface area contributed by atoms with E-state index in [1.54, 1.807) is 0 Å². The van der Waals surface area contributed by atoms with Crippen LogP contribution in [-0.2, 0) is 9.84 Å². The third-order valence-corrected chi connectivity index (χ3v) is 1.66. The van der Waals surface area contributed by atoms with Crippen LogP contribution in [-0.4, -0.2) is 26.3 Å². The smallest absolute Gasteiger partial charge is 0.229 e. The molecule has 0 saturated carbocycles. The predicted molar refractivity (Wildman–Crippen MR) is 34.9 cm³/mol. The first-order valence-corrected chi connectivity index (χ1v) is 4.52. The van der Waals surface area contributed by atoms with Crippen molar-refractivity contribution in [3.8, 4) is 0 Å². The first-order chi connectivity index (χ1) is 4.27. The molecule has 0 unspecified atom stereocenters. The van der Waals surface area contributed by atoms with E-state index in [0.717, 1.165) is 6.26 Å². The molecular weight excluding hydrogens is 162 g/mol. The van der Waals surface area contributed by atoms with Gasteiger partial charge in [-0.3, -0.25) is 0 Å². The highest BCUT2D eigenvalue weighted by atomic mass is 32.2. The van der Waals surface area contributed by atoms with Crippen LogP contribution in [0, 0.1) is 0 Å². The van der Waals surface area contributed by atoms with Crippen LogP contribution in [0.1, 0.15) is 0 Å². The maximum absolute atomic E-state index is 12.2. The Kier molecular flexibility index (Phi) is 2.54. The number of rotatable bonds is 3. The van der Waals surface area contributed by atoms with Crippen LogP contribution >= 0.6 is 0 Å². The van der Waals surface area contributed by atoms with Crippen LogP contribution in [0.25, 0.3) is 0 Å². The average Bonchev–Trinajstić information content (AvgIpc) is 1.60. The molecule has 0 aliphatic heterocycles. The van der Waals surface area contributed by atoms with E-state index in [1.165, 1.54) is 0 Å². The van der Waals surface area contributed by atoms with Crippen molar-refractivity contribution in [2.24, 2.45) is 0 Å². The molecule has 5 heteroatoms. The van der Waals surface area contributed by atoms with Crippen molar-refractivity contribution >= 4 is 9.84 Å². The molecule has 0 aromatic heterocycles. The molecule has 0 aliphatic rings. The van der Waals surface area contributed by atoms with Gasteiger partial charge in [-0.15, -0.1) is 0 Å². The Labute approximate surface area is 58.5 Å². The van der Waals surface area contributed by atoms with Gasteiger partial charge in [0, 0.05) is 6.26 Å². The summed E-state index contributed by atoms with van der Waals surface area (Å²) in [7, 11) is -3.62. The standard InChI is InChI=1S/C5H8F2O2S/c1-3-5(6,7)4-10(2,8)9/h3H,1,4H2,2H3. The Bertz CT molecular complexity index is 218. The molecular formula is C5H8F2O2S. The minimum atomic E-state index is -3.62. The Hall–Kier alpha value is -0.450. The van der Waals surface area contributed by atoms with Crippen molar-refractivity contribution in [1.82, 2.24) is 0 Å². The summed E-state index contributed by atoms with van der Waals surface area (Å²) in [4.78, 5) is 0. The van der Waals surface area contributed by atoms with Crippen molar-refractivity contribution in [2.45, 2.75) is 5.92 Å². The van der Waals surface area contributed by atoms with Gasteiger partial charge >= 0.3 is 0 Å². The zero-order chi connectivity index (χ0) is 8.41. The first kappa shape index (κ1) is 9.55. The molecule has 0 radical (unpaired) electrons. The maximum Gasteiger partial charge on any atom is 0.279 e. The van der Waals surface area contributed by atoms with Crippen molar-refractivity contribution in [3.63, 3.8) is 0 Å². The number of hydrogen-bond acceptors (Lipinski definition) is 2. The second kappa shape index (κ2) is 2.65. The van der Waals surface area contributed by atoms with Gasteiger partial charge in [-0.1, -0.05) is 6.58 Å². The summed E-state index contributed by atoms with van der Waals surface area (Å²) in [6.07, 6.45) is 1.08. The van der Waals surface area contributed by atoms with Gasteiger partial charge in [0.05, 0.1) is 0 Å². The highest BCUT2D eigenvalue weighted by Gasteiger charge is 2.29. The van der Waals surface area contributed by atoms with Gasteiger partial charge in [0.1, 0.15) is 5.75 Å². The molecule has 0 fully saturated rings. The predicted octanol–water partition coefficient (Wildman–Crippen LogP) is 0.852. The summed E-state index contributed by atoms with van der Waals surface area (Å²) in [6.45, 7) is 2.80. The van der Waals surface area contributed by atoms with Gasteiger partial charge in [-0.05, 0) is 6.08 Å². The number of hydrogen-bond donors (Lipinski definition) is 0. The number of halogens is 2. The lowest BCUT2D eigenvalue weighted by Gasteiger charge is -2.07. The maximum atomic E-state index is 12.2. The largest absolute Gasteiger partial charge is 0.279 e. The molecule has 0 atom stereocenters. The van der Waals surface area contributed by atoms with Crippen LogP contribution in [0.4, 0.5) is 8.78 Å². The second-order valence-electron chi connectivity index (χ2n) is 2.04. The lowest BCUT2D eigenvalue weighted by molar-refractivity contribution is 0.0815. The van der Waals surface area contributed by atoms with Gasteiger partial charge in [0.15, 0.2) is 9.84 Å². The van der Waals surface area contributed by atoms with E-state index >= 15 is 0 Å². The van der Waals surface area contributed by atoms with Crippen LogP contribution in [0.3, 0.4) is 0 Å². The van der Waals surface area contributed by atoms with Crippen LogP contribution < -0.4 is 0 Å². The molecule has 0 aliphatic carbocycles. The van der Waals surface area contributed by atoms with Gasteiger partial charge in [0.2, 0.25) is 0 Å². The summed E-state index contributed by atoms with van der Waals surface area (Å²) in [5.74, 6) is -4.46. The average molecular weight is 170 g/mol. The van der Waals surface area contributed by atoms with E-state index in [1.807, 2.05) is 0 Å². The zero-order valence-electron chi connectivity index (χ0n) is 5.47. The van der Waals surface area contributed by atoms with Gasteiger partial charge in [0.25, 0.3) is 5.92 Å². The molecule has 0 amide bonds. The first-order valence-electron chi connectivity index (χ1n) is 2.46. The highest BCUT2D eigenvalue weighted by molar-refractivity contribution is 7.90. The van der Waals surface area contributed by atoms with E-state index in [9.17, 15) is 17.2 Å². The molecule has 0 saturated heterocycles. The summed E-state index contributed by atoms with van der Waals surface area (Å²) in [5.41, 5.74) is 0. The van der Waals surface area contributed by atoms with Crippen molar-refractivity contribution in [3.05, 3.63) is 12.7 Å². The fraction of sp³-hybridized carbons (Fsp3) is 0.600. The summed E-state index contributed by atoms with van der Waals surface area (Å²) >= 11 is 0. The lowest BCUT2D eigenvalue weighted by Crippen LogP contribution is -2.24. The van der Waals surface area contributed by atoms with Crippen LogP contribution in [0.15, 0.2) is 12.7 Å². The molecule has 0 heterocycles. The van der Waals surface area contributed by atoms with Crippen LogP contribution in [0.2, 0.25) is 0 Å². The van der Waals surface area contributed by atoms with Gasteiger partial charge in [-0.25, -0.2) is 17.2 Å². The topological polar surface area (TPSA) is 34.1 Å². The van der Waals surface area contributed by atoms with E-state index < -0.39 is 21.5 Å². The number of alkyl halides is 2. The summed E-state index contributed by atoms with van der Waals surface area (Å²) in [5, 5.41) is 0. The van der Waals surface area contributed by atoms with Crippen molar-refractivity contribution < 1.29 is 17.2 Å². The Morgan fingerprint density at radius 3 is 2.10 bits per heavy atom. The molecule has 0 aromatic carbocycles. The normalized spacial score (nSPS) is 13.1. The Morgan fingerprint density at radius 2 is 2.00 bits per heavy atom. The zero-order valence-corrected chi connectivity index (χ0v) is 6.29. The van der Waals surface area contributed by atoms with Crippen molar-refractivity contribution in [2.75, 3.05) is 12.0 Å². The Morgan fingerprint density at radius 1 is 1.60 bits per heavy atom. The highest BCUT2D eigenvalue weighted by Crippen LogP contribution is 2.15. The van der Waals surface area contributed by atoms with E-state index in [4.69, 9.17) is 0 Å². The van der Waals surface area contributed by atoms with Crippen LogP contribution in [0.5, 0.6) is 0 Å². The van der Waals surface area contributed by atoms with E-state index in [0.29, 0.717) is 6.08 Å². The quantitative estimate of drug-likeness (QED) is 0.588. The van der Waals surface area contributed by atoms with Gasteiger partial charge < -0.3 is 0 Å². The molecule has 0 rings (SSSR count). The fourth-order valence-corrected chi connectivity index (χ4v) is 1.23. The molecule has 60 valence electrons. The second-order valence-corrected chi connectivity index (χ2v) is 4.18. The molecule has 10 heavy (non-hydrogen) atoms. The molecule has 0 bridgehead atoms. The summed E-state index contributed by atoms with van der Waals surface area (Å²) in [6, 6.07) is 0. The van der Waals surface area contributed by atoms with Crippen molar-refractivity contribution in [1.29, 1.82) is 0 Å². The monoisotopic (exact) mass is 170 g/mol. The molecule has 0 N–H and O–H groups in total. The number of sulfone groups is 1. The minimum Gasteiger partial charge on any atom is -0.229 e. The third-order valence-electron chi connectivity index (χ3n) is 0.753. The third kappa shape index (κ3) is 4.43.